The lowest BCUT2D eigenvalue weighted by Crippen LogP contribution is -2.50. The Bertz CT molecular complexity index is 660. The largest absolute Gasteiger partial charge is 0.494 e. The summed E-state index contributed by atoms with van der Waals surface area (Å²) in [5, 5.41) is 11.3. The third-order valence-corrected chi connectivity index (χ3v) is 7.23. The highest BCUT2D eigenvalue weighted by molar-refractivity contribution is 6.62. The molecule has 0 spiro atoms. The van der Waals surface area contributed by atoms with Crippen LogP contribution in [0, 0.1) is 0 Å². The standard InChI is InChI=1S/C21H32BNO3/c1-19(2)20(3,4)26-22(25-19)16-8-6-7-15(11-16)12-21(24)13-17-9-10-18(14-21)23(17)5/h6-8,11,17-18,24H,9-10,12-14H2,1-5H3. The monoisotopic (exact) mass is 357 g/mol. The number of piperidine rings is 1. The maximum Gasteiger partial charge on any atom is 0.494 e. The van der Waals surface area contributed by atoms with Crippen LogP contribution in [-0.2, 0) is 15.7 Å². The number of benzene rings is 1. The van der Waals surface area contributed by atoms with Crippen molar-refractivity contribution >= 4 is 12.6 Å². The number of hydrogen-bond donors (Lipinski definition) is 1. The molecule has 0 saturated carbocycles. The minimum Gasteiger partial charge on any atom is -0.399 e. The van der Waals surface area contributed by atoms with Gasteiger partial charge in [-0.05, 0) is 71.5 Å². The smallest absolute Gasteiger partial charge is 0.399 e. The molecular formula is C21H32BNO3. The van der Waals surface area contributed by atoms with Gasteiger partial charge in [0, 0.05) is 18.5 Å². The first-order valence-corrected chi connectivity index (χ1v) is 9.97. The Kier molecular flexibility index (Phi) is 4.31. The van der Waals surface area contributed by atoms with Crippen molar-refractivity contribution < 1.29 is 14.4 Å². The maximum atomic E-state index is 11.3. The van der Waals surface area contributed by atoms with Crippen molar-refractivity contribution in [1.82, 2.24) is 4.90 Å². The lowest BCUT2D eigenvalue weighted by Gasteiger charge is -2.42. The molecule has 0 aliphatic carbocycles. The lowest BCUT2D eigenvalue weighted by molar-refractivity contribution is -0.0437. The lowest BCUT2D eigenvalue weighted by atomic mass is 9.76. The molecule has 4 nitrogen and oxygen atoms in total. The molecule has 5 heteroatoms. The molecule has 3 saturated heterocycles. The minimum atomic E-state index is -0.590. The van der Waals surface area contributed by atoms with Crippen molar-refractivity contribution in [3.05, 3.63) is 29.8 Å². The zero-order valence-corrected chi connectivity index (χ0v) is 16.8. The van der Waals surface area contributed by atoms with Crippen molar-refractivity contribution in [2.75, 3.05) is 7.05 Å². The Morgan fingerprint density at radius 1 is 1.08 bits per heavy atom. The van der Waals surface area contributed by atoms with Gasteiger partial charge in [-0.15, -0.1) is 0 Å². The summed E-state index contributed by atoms with van der Waals surface area (Å²) in [6, 6.07) is 9.46. The quantitative estimate of drug-likeness (QED) is 0.845. The van der Waals surface area contributed by atoms with E-state index in [1.165, 1.54) is 18.4 Å². The molecule has 1 aromatic rings. The van der Waals surface area contributed by atoms with Crippen LogP contribution in [0.5, 0.6) is 0 Å². The molecule has 0 amide bonds. The van der Waals surface area contributed by atoms with Gasteiger partial charge in [-0.3, -0.25) is 0 Å². The van der Waals surface area contributed by atoms with Crippen molar-refractivity contribution in [3.63, 3.8) is 0 Å². The number of rotatable bonds is 3. The van der Waals surface area contributed by atoms with Gasteiger partial charge in [0.15, 0.2) is 0 Å². The summed E-state index contributed by atoms with van der Waals surface area (Å²) >= 11 is 0. The van der Waals surface area contributed by atoms with Crippen LogP contribution in [0.3, 0.4) is 0 Å². The molecule has 3 fully saturated rings. The minimum absolute atomic E-state index is 0.334. The van der Waals surface area contributed by atoms with Crippen LogP contribution in [0.4, 0.5) is 0 Å². The molecule has 1 aromatic carbocycles. The molecule has 26 heavy (non-hydrogen) atoms. The highest BCUT2D eigenvalue weighted by Crippen LogP contribution is 2.41. The van der Waals surface area contributed by atoms with E-state index in [-0.39, 0.29) is 18.3 Å². The van der Waals surface area contributed by atoms with Gasteiger partial charge in [-0.1, -0.05) is 24.3 Å². The Morgan fingerprint density at radius 2 is 1.65 bits per heavy atom. The molecule has 2 bridgehead atoms. The molecule has 4 rings (SSSR count). The second-order valence-corrected chi connectivity index (χ2v) is 9.69. The zero-order valence-electron chi connectivity index (χ0n) is 16.8. The van der Waals surface area contributed by atoms with Crippen LogP contribution in [0.15, 0.2) is 24.3 Å². The van der Waals surface area contributed by atoms with Crippen LogP contribution in [0.1, 0.15) is 58.9 Å². The van der Waals surface area contributed by atoms with Crippen molar-refractivity contribution in [1.29, 1.82) is 0 Å². The SMILES string of the molecule is CN1C2CCC1CC(O)(Cc1cccc(B3OC(C)(C)C(C)(C)O3)c1)C2. The molecule has 142 valence electrons. The van der Waals surface area contributed by atoms with Gasteiger partial charge in [0.25, 0.3) is 0 Å². The second-order valence-electron chi connectivity index (χ2n) is 9.69. The third-order valence-electron chi connectivity index (χ3n) is 7.23. The van der Waals surface area contributed by atoms with E-state index >= 15 is 0 Å². The summed E-state index contributed by atoms with van der Waals surface area (Å²) in [6.45, 7) is 8.31. The first-order valence-electron chi connectivity index (χ1n) is 9.97. The number of hydrogen-bond acceptors (Lipinski definition) is 4. The number of aliphatic hydroxyl groups is 1. The van der Waals surface area contributed by atoms with E-state index in [1.807, 2.05) is 0 Å². The Balaban J connectivity index is 1.51. The highest BCUT2D eigenvalue weighted by atomic mass is 16.7. The van der Waals surface area contributed by atoms with Gasteiger partial charge < -0.3 is 19.3 Å². The van der Waals surface area contributed by atoms with E-state index in [0.717, 1.165) is 18.3 Å². The van der Waals surface area contributed by atoms with E-state index < -0.39 is 5.60 Å². The van der Waals surface area contributed by atoms with E-state index in [9.17, 15) is 5.11 Å². The molecule has 0 radical (unpaired) electrons. The maximum absolute atomic E-state index is 11.3. The molecule has 3 aliphatic rings. The summed E-state index contributed by atoms with van der Waals surface area (Å²) in [5.74, 6) is 0. The normalized spacial score (nSPS) is 35.8. The third kappa shape index (κ3) is 3.13. The number of nitrogens with zero attached hydrogens (tertiary/aromatic N) is 1. The van der Waals surface area contributed by atoms with Gasteiger partial charge in [0.2, 0.25) is 0 Å². The van der Waals surface area contributed by atoms with Gasteiger partial charge in [0.05, 0.1) is 16.8 Å². The predicted octanol–water partition coefficient (Wildman–Crippen LogP) is 2.52. The van der Waals surface area contributed by atoms with Crippen molar-refractivity contribution in [3.8, 4) is 0 Å². The molecule has 2 unspecified atom stereocenters. The predicted molar refractivity (Wildman–Crippen MR) is 105 cm³/mol. The Hall–Kier alpha value is -0.875. The molecule has 0 aromatic heterocycles. The van der Waals surface area contributed by atoms with Crippen molar-refractivity contribution in [2.45, 2.75) is 88.7 Å². The zero-order chi connectivity index (χ0) is 18.7. The van der Waals surface area contributed by atoms with E-state index in [4.69, 9.17) is 9.31 Å². The first kappa shape index (κ1) is 18.5. The molecule has 3 heterocycles. The molecular weight excluding hydrogens is 325 g/mol. The van der Waals surface area contributed by atoms with Crippen LogP contribution >= 0.6 is 0 Å². The van der Waals surface area contributed by atoms with Gasteiger partial charge >= 0.3 is 7.12 Å². The molecule has 3 aliphatic heterocycles. The summed E-state index contributed by atoms with van der Waals surface area (Å²) in [7, 11) is 1.86. The van der Waals surface area contributed by atoms with Crippen LogP contribution in [-0.4, -0.2) is 53.1 Å². The second kappa shape index (κ2) is 6.06. The van der Waals surface area contributed by atoms with Crippen molar-refractivity contribution in [2.24, 2.45) is 0 Å². The summed E-state index contributed by atoms with van der Waals surface area (Å²) in [6.07, 6.45) is 4.90. The first-order chi connectivity index (χ1) is 12.1. The van der Waals surface area contributed by atoms with Crippen LogP contribution in [0.25, 0.3) is 0 Å². The molecule has 1 N–H and O–H groups in total. The Morgan fingerprint density at radius 3 is 2.23 bits per heavy atom. The fourth-order valence-electron chi connectivity index (χ4n) is 4.90. The van der Waals surface area contributed by atoms with E-state index in [0.29, 0.717) is 18.5 Å². The highest BCUT2D eigenvalue weighted by Gasteiger charge is 2.52. The van der Waals surface area contributed by atoms with Crippen LogP contribution in [0.2, 0.25) is 0 Å². The fraction of sp³-hybridized carbons (Fsp3) is 0.714. The summed E-state index contributed by atoms with van der Waals surface area (Å²) in [5.41, 5.74) is 0.953. The van der Waals surface area contributed by atoms with Gasteiger partial charge in [0.1, 0.15) is 0 Å². The van der Waals surface area contributed by atoms with Gasteiger partial charge in [-0.2, -0.15) is 0 Å². The van der Waals surface area contributed by atoms with Crippen LogP contribution < -0.4 is 5.46 Å². The Labute approximate surface area is 158 Å². The van der Waals surface area contributed by atoms with Gasteiger partial charge in [-0.25, -0.2) is 0 Å². The topological polar surface area (TPSA) is 41.9 Å². The van der Waals surface area contributed by atoms with E-state index in [2.05, 4.69) is 63.9 Å². The average molecular weight is 357 g/mol. The number of fused-ring (bicyclic) bond motifs is 2. The average Bonchev–Trinajstić information content (AvgIpc) is 2.89. The molecule has 2 atom stereocenters. The summed E-state index contributed by atoms with van der Waals surface area (Å²) < 4.78 is 12.4. The summed E-state index contributed by atoms with van der Waals surface area (Å²) in [4.78, 5) is 2.47. The van der Waals surface area contributed by atoms with E-state index in [1.54, 1.807) is 0 Å². The fourth-order valence-corrected chi connectivity index (χ4v) is 4.90.